The molecule has 98 valence electrons. The third kappa shape index (κ3) is 2.92. The van der Waals surface area contributed by atoms with Gasteiger partial charge in [0.2, 0.25) is 0 Å². The maximum Gasteiger partial charge on any atom is 0.134 e. The molecule has 0 spiro atoms. The van der Waals surface area contributed by atoms with Gasteiger partial charge in [-0.3, -0.25) is 0 Å². The lowest BCUT2D eigenvalue weighted by atomic mass is 10.1. The van der Waals surface area contributed by atoms with Crippen molar-refractivity contribution in [1.29, 1.82) is 0 Å². The lowest BCUT2D eigenvalue weighted by Crippen LogP contribution is -2.16. The van der Waals surface area contributed by atoms with E-state index >= 15 is 0 Å². The van der Waals surface area contributed by atoms with E-state index in [9.17, 15) is 0 Å². The van der Waals surface area contributed by atoms with Crippen LogP contribution in [0, 0.1) is 0 Å². The molecule has 0 amide bonds. The normalized spacial score (nSPS) is 11.6. The van der Waals surface area contributed by atoms with Crippen molar-refractivity contribution < 1.29 is 4.42 Å². The quantitative estimate of drug-likeness (QED) is 0.794. The minimum absolute atomic E-state index is 0.811. The maximum atomic E-state index is 5.96. The Morgan fingerprint density at radius 1 is 1.22 bits per heavy atom. The topological polar surface area (TPSA) is 28.4 Å². The van der Waals surface area contributed by atoms with Gasteiger partial charge in [0.1, 0.15) is 11.3 Å². The van der Waals surface area contributed by atoms with Gasteiger partial charge in [-0.2, -0.15) is 0 Å². The number of nitrogens with zero attached hydrogens (tertiary/aromatic N) is 1. The molecule has 0 unspecified atom stereocenters. The van der Waals surface area contributed by atoms with E-state index in [1.54, 1.807) is 0 Å². The monoisotopic (exact) mass is 246 g/mol. The molecular weight excluding hydrogens is 224 g/mol. The zero-order valence-electron chi connectivity index (χ0n) is 11.5. The minimum atomic E-state index is 0.811. The number of para-hydroxylation sites is 1. The highest BCUT2D eigenvalue weighted by Gasteiger charge is 2.13. The Kier molecular flexibility index (Phi) is 4.39. The Morgan fingerprint density at radius 2 is 2.00 bits per heavy atom. The van der Waals surface area contributed by atoms with Crippen LogP contribution in [0.1, 0.15) is 24.7 Å². The first-order chi connectivity index (χ1) is 8.72. The summed E-state index contributed by atoms with van der Waals surface area (Å²) in [5.74, 6) is 1.07. The number of fused-ring (bicyclic) bond motifs is 1. The molecule has 0 aliphatic heterocycles. The first kappa shape index (κ1) is 13.1. The van der Waals surface area contributed by atoms with Gasteiger partial charge in [-0.15, -0.1) is 0 Å². The number of benzene rings is 1. The number of hydrogen-bond acceptors (Lipinski definition) is 3. The zero-order valence-corrected chi connectivity index (χ0v) is 11.5. The summed E-state index contributed by atoms with van der Waals surface area (Å²) < 4.78 is 5.96. The van der Waals surface area contributed by atoms with E-state index in [2.05, 4.69) is 43.4 Å². The Balaban J connectivity index is 2.30. The van der Waals surface area contributed by atoms with E-state index in [1.165, 1.54) is 10.9 Å². The molecule has 1 N–H and O–H groups in total. The maximum absolute atomic E-state index is 5.96. The van der Waals surface area contributed by atoms with E-state index in [-0.39, 0.29) is 0 Å². The van der Waals surface area contributed by atoms with Crippen molar-refractivity contribution in [2.24, 2.45) is 0 Å². The highest BCUT2D eigenvalue weighted by Crippen LogP contribution is 2.26. The molecule has 3 nitrogen and oxygen atoms in total. The second-order valence-corrected chi connectivity index (χ2v) is 4.91. The van der Waals surface area contributed by atoms with Gasteiger partial charge in [0.25, 0.3) is 0 Å². The van der Waals surface area contributed by atoms with E-state index in [0.717, 1.165) is 37.4 Å². The Bertz CT molecular complexity index is 502. The molecule has 0 aliphatic carbocycles. The van der Waals surface area contributed by atoms with E-state index in [1.807, 2.05) is 12.1 Å². The highest BCUT2D eigenvalue weighted by molar-refractivity contribution is 5.82. The summed E-state index contributed by atoms with van der Waals surface area (Å²) in [5.41, 5.74) is 2.29. The van der Waals surface area contributed by atoms with Crippen LogP contribution in [0.25, 0.3) is 11.0 Å². The summed E-state index contributed by atoms with van der Waals surface area (Å²) >= 11 is 0. The molecule has 3 heteroatoms. The van der Waals surface area contributed by atoms with Crippen molar-refractivity contribution in [3.63, 3.8) is 0 Å². The van der Waals surface area contributed by atoms with Crippen molar-refractivity contribution in [1.82, 2.24) is 10.2 Å². The first-order valence-electron chi connectivity index (χ1n) is 6.57. The average molecular weight is 246 g/mol. The Morgan fingerprint density at radius 3 is 2.72 bits per heavy atom. The largest absolute Gasteiger partial charge is 0.459 e. The van der Waals surface area contributed by atoms with Gasteiger partial charge in [-0.1, -0.05) is 25.1 Å². The van der Waals surface area contributed by atoms with Crippen LogP contribution >= 0.6 is 0 Å². The van der Waals surface area contributed by atoms with Gasteiger partial charge in [0, 0.05) is 17.5 Å². The number of hydrogen-bond donors (Lipinski definition) is 1. The lowest BCUT2D eigenvalue weighted by Gasteiger charge is -2.10. The molecule has 2 rings (SSSR count). The molecule has 1 aromatic carbocycles. The smallest absolute Gasteiger partial charge is 0.134 e. The molecule has 0 saturated heterocycles. The van der Waals surface area contributed by atoms with E-state index < -0.39 is 0 Å². The van der Waals surface area contributed by atoms with Crippen molar-refractivity contribution in [3.05, 3.63) is 35.6 Å². The van der Waals surface area contributed by atoms with Crippen LogP contribution in [-0.4, -0.2) is 25.5 Å². The van der Waals surface area contributed by atoms with Crippen LogP contribution in [0.5, 0.6) is 0 Å². The second-order valence-electron chi connectivity index (χ2n) is 4.91. The standard InChI is InChI=1S/C15H22N2O/c1-4-9-16-10-15-13(11-17(2)3)12-7-5-6-8-14(12)18-15/h5-8,16H,4,9-11H2,1-3H3. The summed E-state index contributed by atoms with van der Waals surface area (Å²) in [6.45, 7) is 4.93. The zero-order chi connectivity index (χ0) is 13.0. The molecule has 1 heterocycles. The molecule has 0 radical (unpaired) electrons. The molecule has 1 aromatic heterocycles. The Labute approximate surface area is 109 Å². The minimum Gasteiger partial charge on any atom is -0.459 e. The van der Waals surface area contributed by atoms with Gasteiger partial charge in [-0.05, 0) is 33.1 Å². The predicted octanol–water partition coefficient (Wildman–Crippen LogP) is 2.99. The van der Waals surface area contributed by atoms with Crippen LogP contribution in [0.2, 0.25) is 0 Å². The third-order valence-corrected chi connectivity index (χ3v) is 2.97. The number of rotatable bonds is 6. The predicted molar refractivity (Wildman–Crippen MR) is 75.6 cm³/mol. The fourth-order valence-corrected chi connectivity index (χ4v) is 2.16. The summed E-state index contributed by atoms with van der Waals surface area (Å²) in [6.07, 6.45) is 1.14. The molecular formula is C15H22N2O. The fraction of sp³-hybridized carbons (Fsp3) is 0.467. The van der Waals surface area contributed by atoms with Crippen LogP contribution in [0.4, 0.5) is 0 Å². The molecule has 0 fully saturated rings. The summed E-state index contributed by atoms with van der Waals surface area (Å²) in [6, 6.07) is 8.27. The third-order valence-electron chi connectivity index (χ3n) is 2.97. The molecule has 0 bridgehead atoms. The van der Waals surface area contributed by atoms with E-state index in [0.29, 0.717) is 0 Å². The van der Waals surface area contributed by atoms with Gasteiger partial charge in [0.15, 0.2) is 0 Å². The Hall–Kier alpha value is -1.32. The van der Waals surface area contributed by atoms with Crippen molar-refractivity contribution in [2.75, 3.05) is 20.6 Å². The fourth-order valence-electron chi connectivity index (χ4n) is 2.16. The van der Waals surface area contributed by atoms with Gasteiger partial charge >= 0.3 is 0 Å². The summed E-state index contributed by atoms with van der Waals surface area (Å²) in [5, 5.41) is 4.65. The van der Waals surface area contributed by atoms with Gasteiger partial charge in [0.05, 0.1) is 6.54 Å². The second kappa shape index (κ2) is 6.03. The van der Waals surface area contributed by atoms with Crippen LogP contribution in [-0.2, 0) is 13.1 Å². The SMILES string of the molecule is CCCNCc1oc2ccccc2c1CN(C)C. The van der Waals surface area contributed by atoms with Crippen LogP contribution in [0.15, 0.2) is 28.7 Å². The number of nitrogens with one attached hydrogen (secondary N) is 1. The molecule has 2 aromatic rings. The van der Waals surface area contributed by atoms with Gasteiger partial charge in [-0.25, -0.2) is 0 Å². The van der Waals surface area contributed by atoms with Crippen molar-refractivity contribution in [2.45, 2.75) is 26.4 Å². The highest BCUT2D eigenvalue weighted by atomic mass is 16.3. The molecule has 0 saturated carbocycles. The average Bonchev–Trinajstić information content (AvgIpc) is 2.68. The summed E-state index contributed by atoms with van der Waals surface area (Å²) in [4.78, 5) is 2.18. The van der Waals surface area contributed by atoms with Gasteiger partial charge < -0.3 is 14.6 Å². The molecule has 0 atom stereocenters. The number of furan rings is 1. The van der Waals surface area contributed by atoms with Crippen LogP contribution in [0.3, 0.4) is 0 Å². The van der Waals surface area contributed by atoms with E-state index in [4.69, 9.17) is 4.42 Å². The van der Waals surface area contributed by atoms with Crippen molar-refractivity contribution >= 4 is 11.0 Å². The first-order valence-corrected chi connectivity index (χ1v) is 6.57. The summed E-state index contributed by atoms with van der Waals surface area (Å²) in [7, 11) is 4.18. The van der Waals surface area contributed by atoms with Crippen molar-refractivity contribution in [3.8, 4) is 0 Å². The van der Waals surface area contributed by atoms with Crippen LogP contribution < -0.4 is 5.32 Å². The molecule has 0 aliphatic rings. The lowest BCUT2D eigenvalue weighted by molar-refractivity contribution is 0.394. The molecule has 18 heavy (non-hydrogen) atoms.